The number of furan rings is 1. The van der Waals surface area contributed by atoms with Crippen molar-refractivity contribution in [1.82, 2.24) is 0 Å². The summed E-state index contributed by atoms with van der Waals surface area (Å²) >= 11 is 1.87. The first-order chi connectivity index (χ1) is 26.3. The molecule has 0 saturated heterocycles. The summed E-state index contributed by atoms with van der Waals surface area (Å²) < 4.78 is 8.85. The van der Waals surface area contributed by atoms with Gasteiger partial charge in [0, 0.05) is 42.3 Å². The average molecular weight is 694 g/mol. The standard InChI is InChI=1S/C50H31NOS/c1-2-10-32(11-3-1)33-18-20-35(21-19-33)41-27-28-45(49-43-15-7-9-17-48(43)53-50(41)49)51(38-25-29-47-44(31-38)42-14-6-8-16-46(42)52-47)37-24-26-40-36(30-37)23-22-34-12-4-5-13-39(34)40/h1-31H. The summed E-state index contributed by atoms with van der Waals surface area (Å²) in [5.41, 5.74) is 10.0. The highest BCUT2D eigenvalue weighted by atomic mass is 32.1. The predicted molar refractivity (Wildman–Crippen MR) is 227 cm³/mol. The van der Waals surface area contributed by atoms with Crippen molar-refractivity contribution < 1.29 is 4.42 Å². The molecule has 11 rings (SSSR count). The van der Waals surface area contributed by atoms with E-state index in [0.717, 1.165) is 39.0 Å². The van der Waals surface area contributed by atoms with Gasteiger partial charge in [-0.05, 0) is 92.3 Å². The molecule has 2 aromatic heterocycles. The van der Waals surface area contributed by atoms with E-state index in [1.165, 1.54) is 64.0 Å². The third kappa shape index (κ3) is 4.86. The van der Waals surface area contributed by atoms with Gasteiger partial charge >= 0.3 is 0 Å². The summed E-state index contributed by atoms with van der Waals surface area (Å²) in [4.78, 5) is 2.44. The molecule has 0 N–H and O–H groups in total. The number of para-hydroxylation sites is 1. The van der Waals surface area contributed by atoms with Crippen LogP contribution in [-0.4, -0.2) is 0 Å². The first kappa shape index (κ1) is 30.0. The third-order valence-electron chi connectivity index (χ3n) is 10.7. The van der Waals surface area contributed by atoms with E-state index in [0.29, 0.717) is 0 Å². The van der Waals surface area contributed by atoms with Crippen LogP contribution in [0, 0.1) is 0 Å². The molecule has 0 atom stereocenters. The van der Waals surface area contributed by atoms with Crippen molar-refractivity contribution in [3.63, 3.8) is 0 Å². The van der Waals surface area contributed by atoms with Gasteiger partial charge in [0.15, 0.2) is 0 Å². The molecule has 2 nitrogen and oxygen atoms in total. The van der Waals surface area contributed by atoms with Crippen LogP contribution in [0.1, 0.15) is 0 Å². The van der Waals surface area contributed by atoms with Gasteiger partial charge in [0.1, 0.15) is 11.2 Å². The molecule has 0 saturated carbocycles. The summed E-state index contributed by atoms with van der Waals surface area (Å²) in [6.45, 7) is 0. The molecule has 0 aliphatic carbocycles. The second-order valence-electron chi connectivity index (χ2n) is 13.7. The van der Waals surface area contributed by atoms with Gasteiger partial charge in [-0.2, -0.15) is 0 Å². The van der Waals surface area contributed by atoms with Gasteiger partial charge in [-0.25, -0.2) is 0 Å². The first-order valence-electron chi connectivity index (χ1n) is 18.0. The number of anilines is 3. The molecule has 0 spiro atoms. The maximum atomic E-state index is 6.30. The maximum absolute atomic E-state index is 6.30. The van der Waals surface area contributed by atoms with Gasteiger partial charge in [0.25, 0.3) is 0 Å². The second kappa shape index (κ2) is 11.9. The summed E-state index contributed by atoms with van der Waals surface area (Å²) in [6.07, 6.45) is 0. The molecular weight excluding hydrogens is 663 g/mol. The summed E-state index contributed by atoms with van der Waals surface area (Å²) in [6, 6.07) is 68.1. The normalized spacial score (nSPS) is 11.8. The van der Waals surface area contributed by atoms with E-state index >= 15 is 0 Å². The zero-order chi connectivity index (χ0) is 34.9. The van der Waals surface area contributed by atoms with Crippen LogP contribution in [0.3, 0.4) is 0 Å². The Morgan fingerprint density at radius 2 is 1.04 bits per heavy atom. The van der Waals surface area contributed by atoms with Gasteiger partial charge < -0.3 is 9.32 Å². The van der Waals surface area contributed by atoms with Crippen LogP contribution < -0.4 is 4.90 Å². The number of benzene rings is 9. The zero-order valence-corrected chi connectivity index (χ0v) is 29.5. The Morgan fingerprint density at radius 1 is 0.396 bits per heavy atom. The molecule has 0 unspecified atom stereocenters. The highest BCUT2D eigenvalue weighted by molar-refractivity contribution is 7.26. The number of nitrogens with zero attached hydrogens (tertiary/aromatic N) is 1. The van der Waals surface area contributed by atoms with E-state index < -0.39 is 0 Å². The molecular formula is C50H31NOS. The first-order valence-corrected chi connectivity index (χ1v) is 18.8. The molecule has 9 aromatic carbocycles. The molecule has 0 fully saturated rings. The summed E-state index contributed by atoms with van der Waals surface area (Å²) in [7, 11) is 0. The van der Waals surface area contributed by atoms with Crippen molar-refractivity contribution in [3.8, 4) is 22.3 Å². The highest BCUT2D eigenvalue weighted by Crippen LogP contribution is 2.49. The van der Waals surface area contributed by atoms with Crippen LogP contribution in [0.2, 0.25) is 0 Å². The molecule has 0 radical (unpaired) electrons. The molecule has 2 heterocycles. The largest absolute Gasteiger partial charge is 0.456 e. The molecule has 11 aromatic rings. The Bertz CT molecular complexity index is 3170. The quantitative estimate of drug-likeness (QED) is 0.167. The predicted octanol–water partition coefficient (Wildman–Crippen LogP) is 15.1. The summed E-state index contributed by atoms with van der Waals surface area (Å²) in [5, 5.41) is 9.73. The molecule has 0 aliphatic rings. The number of fused-ring (bicyclic) bond motifs is 9. The fraction of sp³-hybridized carbons (Fsp3) is 0. The molecule has 3 heteroatoms. The highest BCUT2D eigenvalue weighted by Gasteiger charge is 2.22. The Kier molecular flexibility index (Phi) is 6.76. The van der Waals surface area contributed by atoms with Crippen molar-refractivity contribution in [3.05, 3.63) is 188 Å². The molecule has 0 bridgehead atoms. The minimum atomic E-state index is 0.889. The third-order valence-corrected chi connectivity index (χ3v) is 11.9. The van der Waals surface area contributed by atoms with Crippen LogP contribution in [-0.2, 0) is 0 Å². The van der Waals surface area contributed by atoms with E-state index in [1.54, 1.807) is 0 Å². The average Bonchev–Trinajstić information content (AvgIpc) is 3.80. The van der Waals surface area contributed by atoms with Crippen molar-refractivity contribution in [2.75, 3.05) is 4.90 Å². The van der Waals surface area contributed by atoms with Crippen LogP contribution in [0.5, 0.6) is 0 Å². The number of hydrogen-bond donors (Lipinski definition) is 0. The Balaban J connectivity index is 1.16. The fourth-order valence-corrected chi connectivity index (χ4v) is 9.38. The lowest BCUT2D eigenvalue weighted by atomic mass is 9.97. The minimum Gasteiger partial charge on any atom is -0.456 e. The number of rotatable bonds is 5. The van der Waals surface area contributed by atoms with E-state index in [2.05, 4.69) is 181 Å². The molecule has 0 aliphatic heterocycles. The van der Waals surface area contributed by atoms with Crippen molar-refractivity contribution in [2.45, 2.75) is 0 Å². The zero-order valence-electron chi connectivity index (χ0n) is 28.7. The van der Waals surface area contributed by atoms with Crippen LogP contribution in [0.25, 0.3) is 85.9 Å². The van der Waals surface area contributed by atoms with Crippen molar-refractivity contribution in [2.24, 2.45) is 0 Å². The SMILES string of the molecule is c1ccc(-c2ccc(-c3ccc(N(c4ccc5c(ccc6ccccc65)c4)c4ccc5oc6ccccc6c5c4)c4c3sc3ccccc34)cc2)cc1. The van der Waals surface area contributed by atoms with E-state index in [-0.39, 0.29) is 0 Å². The smallest absolute Gasteiger partial charge is 0.135 e. The fourth-order valence-electron chi connectivity index (χ4n) is 8.12. The van der Waals surface area contributed by atoms with Crippen LogP contribution in [0.4, 0.5) is 17.1 Å². The lowest BCUT2D eigenvalue weighted by molar-refractivity contribution is 0.669. The maximum Gasteiger partial charge on any atom is 0.135 e. The molecule has 53 heavy (non-hydrogen) atoms. The van der Waals surface area contributed by atoms with E-state index in [4.69, 9.17) is 4.42 Å². The van der Waals surface area contributed by atoms with Gasteiger partial charge in [0.2, 0.25) is 0 Å². The van der Waals surface area contributed by atoms with E-state index in [9.17, 15) is 0 Å². The van der Waals surface area contributed by atoms with Gasteiger partial charge in [-0.15, -0.1) is 11.3 Å². The van der Waals surface area contributed by atoms with Gasteiger partial charge in [-0.3, -0.25) is 0 Å². The number of thiophene rings is 1. The van der Waals surface area contributed by atoms with Crippen LogP contribution >= 0.6 is 11.3 Å². The molecule has 248 valence electrons. The lowest BCUT2D eigenvalue weighted by Gasteiger charge is -2.27. The Labute approximate surface area is 310 Å². The van der Waals surface area contributed by atoms with Crippen LogP contribution in [0.15, 0.2) is 192 Å². The van der Waals surface area contributed by atoms with Gasteiger partial charge in [0.05, 0.1) is 5.69 Å². The Hall–Kier alpha value is -6.68. The van der Waals surface area contributed by atoms with Crippen molar-refractivity contribution >= 4 is 92.1 Å². The second-order valence-corrected chi connectivity index (χ2v) is 14.7. The lowest BCUT2D eigenvalue weighted by Crippen LogP contribution is -2.10. The molecule has 0 amide bonds. The Morgan fingerprint density at radius 3 is 1.92 bits per heavy atom. The number of hydrogen-bond acceptors (Lipinski definition) is 3. The monoisotopic (exact) mass is 693 g/mol. The topological polar surface area (TPSA) is 16.4 Å². The van der Waals surface area contributed by atoms with Crippen molar-refractivity contribution in [1.29, 1.82) is 0 Å². The summed E-state index contributed by atoms with van der Waals surface area (Å²) in [5.74, 6) is 0. The minimum absolute atomic E-state index is 0.889. The van der Waals surface area contributed by atoms with Gasteiger partial charge in [-0.1, -0.05) is 140 Å². The van der Waals surface area contributed by atoms with E-state index in [1.807, 2.05) is 23.5 Å².